The molecule has 3 aliphatic carbocycles. The second-order valence-electron chi connectivity index (χ2n) is 22.2. The Kier molecular flexibility index (Phi) is 11.9. The summed E-state index contributed by atoms with van der Waals surface area (Å²) in [6, 6.07) is 83.8. The Morgan fingerprint density at radius 1 is 0.349 bits per heavy atom. The van der Waals surface area contributed by atoms with E-state index < -0.39 is 0 Å². The average molecular weight is 1070 g/mol. The van der Waals surface area contributed by atoms with Crippen LogP contribution in [-0.4, -0.2) is 19.1 Å². The lowest BCUT2D eigenvalue weighted by molar-refractivity contribution is 0.798. The second kappa shape index (κ2) is 20.4. The first-order valence-electron chi connectivity index (χ1n) is 29.3. The van der Waals surface area contributed by atoms with Crippen LogP contribution < -0.4 is 9.80 Å². The number of nitrogens with zero attached hydrogens (tertiary/aromatic N) is 6. The highest BCUT2D eigenvalue weighted by atomic mass is 15.2. The highest BCUT2D eigenvalue weighted by Crippen LogP contribution is 2.43. The van der Waals surface area contributed by atoms with Crippen LogP contribution in [0.15, 0.2) is 249 Å². The number of rotatable bonds is 10. The molecule has 6 heteroatoms. The summed E-state index contributed by atoms with van der Waals surface area (Å²) in [6.45, 7) is 0. The van der Waals surface area contributed by atoms with Crippen molar-refractivity contribution in [1.29, 1.82) is 0 Å². The number of fused-ring (bicyclic) bond motifs is 9. The van der Waals surface area contributed by atoms with Gasteiger partial charge in [-0.3, -0.25) is 0 Å². The minimum Gasteiger partial charge on any atom is -0.313 e. The van der Waals surface area contributed by atoms with E-state index in [2.05, 4.69) is 274 Å². The minimum absolute atomic E-state index is 0.833. The Balaban J connectivity index is 0.769. The first-order chi connectivity index (χ1) is 41.1. The van der Waals surface area contributed by atoms with Crippen LogP contribution in [0.3, 0.4) is 0 Å². The normalized spacial score (nSPS) is 13.5. The van der Waals surface area contributed by atoms with Gasteiger partial charge in [-0.25, -0.2) is 9.97 Å². The lowest BCUT2D eigenvalue weighted by atomic mass is 9.99. The molecule has 0 atom stereocenters. The third-order valence-electron chi connectivity index (χ3n) is 17.3. The Morgan fingerprint density at radius 2 is 0.807 bits per heavy atom. The highest BCUT2D eigenvalue weighted by molar-refractivity contribution is 5.95. The largest absolute Gasteiger partial charge is 0.313 e. The van der Waals surface area contributed by atoms with Crippen LogP contribution >= 0.6 is 0 Å². The molecular formula is C77H58N6. The fourth-order valence-corrected chi connectivity index (χ4v) is 13.3. The van der Waals surface area contributed by atoms with Crippen LogP contribution in [0.2, 0.25) is 0 Å². The number of benzene rings is 10. The maximum Gasteiger partial charge on any atom is 0.0973 e. The van der Waals surface area contributed by atoms with Crippen LogP contribution in [0.1, 0.15) is 59.5 Å². The number of anilines is 6. The summed E-state index contributed by atoms with van der Waals surface area (Å²) in [6.07, 6.45) is 21.6. The monoisotopic (exact) mass is 1070 g/mol. The predicted octanol–water partition coefficient (Wildman–Crippen LogP) is 20.2. The van der Waals surface area contributed by atoms with Crippen LogP contribution in [0, 0.1) is 0 Å². The SMILES string of the molecule is C1=Cc2c3c(n(-c4ccc(N(c5ccc(-c6nc7ccccc7nc6-c6ccc(N(c7ccc(-n8c9c(c%10ccccc%108)C=CCC9)cc7)c7ccc8ccccc8c7)cc6)cc5)c5ccc6ccccc6c5)cc4)c2CCC1)C=CCC3. The molecule has 0 amide bonds. The van der Waals surface area contributed by atoms with E-state index in [0.717, 1.165) is 118 Å². The standard InChI is InChI=1S/C77H58N6/c1-2-20-66-67-21-8-13-27-73(67)82(72(66)26-3-1)62-46-42-60(43-47-62)80(64-40-30-52-16-4-6-18-56(52)50-64)58-36-32-54(33-37-58)76-77(79-71-25-12-11-24-70(71)78-76)55-34-38-59(39-35-55)81(65-41-31-53-17-5-7-19-57(53)51-65)61-44-48-63(49-45-61)83-74-28-14-9-22-68(74)69-23-10-15-29-75(69)83/h2,4-7,9-14,16-20,22-25,27-28,30-51H,1,3,8,15,21,26,29H2. The second-order valence-corrected chi connectivity index (χ2v) is 22.2. The minimum atomic E-state index is 0.833. The van der Waals surface area contributed by atoms with Gasteiger partial charge in [0.1, 0.15) is 0 Å². The smallest absolute Gasteiger partial charge is 0.0973 e. The van der Waals surface area contributed by atoms with Crippen molar-refractivity contribution in [3.8, 4) is 33.9 Å². The van der Waals surface area contributed by atoms with E-state index in [9.17, 15) is 0 Å². The van der Waals surface area contributed by atoms with E-state index in [1.807, 2.05) is 12.1 Å². The first kappa shape index (κ1) is 48.6. The van der Waals surface area contributed by atoms with Crippen molar-refractivity contribution in [3.63, 3.8) is 0 Å². The third-order valence-corrected chi connectivity index (χ3v) is 17.3. The van der Waals surface area contributed by atoms with Crippen molar-refractivity contribution in [2.45, 2.75) is 44.9 Å². The molecular weight excluding hydrogens is 1010 g/mol. The summed E-state index contributed by atoms with van der Waals surface area (Å²) < 4.78 is 4.99. The van der Waals surface area contributed by atoms with E-state index in [1.165, 1.54) is 71.9 Å². The van der Waals surface area contributed by atoms with E-state index in [1.54, 1.807) is 0 Å². The van der Waals surface area contributed by atoms with Crippen LogP contribution in [0.25, 0.3) is 95.6 Å². The topological polar surface area (TPSA) is 42.1 Å². The molecule has 0 N–H and O–H groups in total. The van der Waals surface area contributed by atoms with Gasteiger partial charge in [-0.1, -0.05) is 146 Å². The molecule has 0 spiro atoms. The summed E-state index contributed by atoms with van der Waals surface area (Å²) >= 11 is 0. The number of hydrogen-bond acceptors (Lipinski definition) is 4. The molecule has 10 aromatic carbocycles. The van der Waals surface area contributed by atoms with E-state index >= 15 is 0 Å². The van der Waals surface area contributed by atoms with Gasteiger partial charge in [-0.05, 0) is 199 Å². The van der Waals surface area contributed by atoms with E-state index in [4.69, 9.17) is 9.97 Å². The van der Waals surface area contributed by atoms with Crippen LogP contribution in [-0.2, 0) is 19.3 Å². The van der Waals surface area contributed by atoms with Crippen LogP contribution in [0.5, 0.6) is 0 Å². The molecule has 3 heterocycles. The maximum absolute atomic E-state index is 5.40. The third kappa shape index (κ3) is 8.56. The Morgan fingerprint density at radius 3 is 1.41 bits per heavy atom. The Bertz CT molecular complexity index is 4750. The fourth-order valence-electron chi connectivity index (χ4n) is 13.3. The molecule has 0 fully saturated rings. The van der Waals surface area contributed by atoms with Crippen molar-refractivity contribution < 1.29 is 0 Å². The molecule has 16 rings (SSSR count). The molecule has 0 unspecified atom stereocenters. The first-order valence-corrected chi connectivity index (χ1v) is 29.3. The Hall–Kier alpha value is -10.3. The van der Waals surface area contributed by atoms with E-state index in [0.29, 0.717) is 0 Å². The molecule has 0 saturated carbocycles. The quantitative estimate of drug-likeness (QED) is 0.137. The van der Waals surface area contributed by atoms with Crippen molar-refractivity contribution in [1.82, 2.24) is 19.1 Å². The molecule has 3 aromatic heterocycles. The lowest BCUT2D eigenvalue weighted by Crippen LogP contribution is -2.11. The molecule has 396 valence electrons. The van der Waals surface area contributed by atoms with Crippen molar-refractivity contribution in [2.75, 3.05) is 9.80 Å². The lowest BCUT2D eigenvalue weighted by Gasteiger charge is -2.27. The van der Waals surface area contributed by atoms with Crippen LogP contribution in [0.4, 0.5) is 34.1 Å². The molecule has 13 aromatic rings. The molecule has 3 aliphatic rings. The van der Waals surface area contributed by atoms with Gasteiger partial charge in [-0.2, -0.15) is 0 Å². The summed E-state index contributed by atoms with van der Waals surface area (Å²) in [5, 5.41) is 6.11. The maximum atomic E-state index is 5.40. The zero-order valence-electron chi connectivity index (χ0n) is 46.0. The number of hydrogen-bond donors (Lipinski definition) is 0. The highest BCUT2D eigenvalue weighted by Gasteiger charge is 2.25. The zero-order valence-corrected chi connectivity index (χ0v) is 46.0. The molecule has 0 aliphatic heterocycles. The molecule has 0 saturated heterocycles. The molecule has 83 heavy (non-hydrogen) atoms. The van der Waals surface area contributed by atoms with Crippen molar-refractivity contribution >= 4 is 95.8 Å². The predicted molar refractivity (Wildman–Crippen MR) is 348 cm³/mol. The van der Waals surface area contributed by atoms with Gasteiger partial charge in [0.15, 0.2) is 0 Å². The van der Waals surface area contributed by atoms with Gasteiger partial charge < -0.3 is 18.9 Å². The van der Waals surface area contributed by atoms with Gasteiger partial charge in [0, 0.05) is 84.7 Å². The van der Waals surface area contributed by atoms with Gasteiger partial charge in [-0.15, -0.1) is 0 Å². The molecule has 0 bridgehead atoms. The summed E-state index contributed by atoms with van der Waals surface area (Å²) in [7, 11) is 0. The van der Waals surface area contributed by atoms with Gasteiger partial charge in [0.25, 0.3) is 0 Å². The molecule has 0 radical (unpaired) electrons. The average Bonchev–Trinajstić information content (AvgIpc) is 3.93. The fraction of sp³-hybridized carbons (Fsp3) is 0.0909. The summed E-state index contributed by atoms with van der Waals surface area (Å²) in [5.74, 6) is 0. The van der Waals surface area contributed by atoms with Crippen molar-refractivity contribution in [3.05, 3.63) is 283 Å². The van der Waals surface area contributed by atoms with E-state index in [-0.39, 0.29) is 0 Å². The number of aromatic nitrogens is 4. The van der Waals surface area contributed by atoms with Gasteiger partial charge in [0.05, 0.1) is 27.9 Å². The zero-order chi connectivity index (χ0) is 54.8. The van der Waals surface area contributed by atoms with Gasteiger partial charge >= 0.3 is 0 Å². The van der Waals surface area contributed by atoms with Gasteiger partial charge in [0.2, 0.25) is 0 Å². The molecule has 6 nitrogen and oxygen atoms in total. The Labute approximate surface area is 483 Å². The number of para-hydroxylation sites is 3. The summed E-state index contributed by atoms with van der Waals surface area (Å²) in [5.41, 5.74) is 23.8. The summed E-state index contributed by atoms with van der Waals surface area (Å²) in [4.78, 5) is 15.5. The van der Waals surface area contributed by atoms with Crippen molar-refractivity contribution in [2.24, 2.45) is 0 Å². The number of allylic oxidation sites excluding steroid dienone is 3.